The summed E-state index contributed by atoms with van der Waals surface area (Å²) < 4.78 is 159. The molecule has 0 aliphatic rings. The Hall–Kier alpha value is -2.51. The molecule has 1 unspecified atom stereocenters. The molecule has 0 fully saturated rings. The molecule has 0 aliphatic carbocycles. The van der Waals surface area contributed by atoms with Gasteiger partial charge in [-0.1, -0.05) is 29.3 Å². The number of sulfonamides is 1. The highest BCUT2D eigenvalue weighted by molar-refractivity contribution is 7.92. The summed E-state index contributed by atoms with van der Waals surface area (Å²) in [5.74, 6) is -7.50. The van der Waals surface area contributed by atoms with Crippen molar-refractivity contribution in [2.75, 3.05) is 26.3 Å². The van der Waals surface area contributed by atoms with E-state index in [1.54, 1.807) is 4.72 Å². The summed E-state index contributed by atoms with van der Waals surface area (Å²) in [6, 6.07) is 1.59. The van der Waals surface area contributed by atoms with Crippen molar-refractivity contribution in [3.63, 3.8) is 0 Å². The van der Waals surface area contributed by atoms with Crippen LogP contribution in [0.2, 0.25) is 10.0 Å². The summed E-state index contributed by atoms with van der Waals surface area (Å²) in [6.45, 7) is 0.0376. The van der Waals surface area contributed by atoms with Crippen LogP contribution in [-0.2, 0) is 29.2 Å². The molecule has 1 atom stereocenters. The molecule has 3 rings (SSSR count). The van der Waals surface area contributed by atoms with E-state index in [9.17, 15) is 61.9 Å². The first-order valence-corrected chi connectivity index (χ1v) is 18.5. The van der Waals surface area contributed by atoms with Crippen LogP contribution in [0.25, 0.3) is 10.1 Å². The second-order valence-electron chi connectivity index (χ2n) is 8.92. The molecule has 8 N–H and O–H groups in total. The smallest absolute Gasteiger partial charge is 0.487 e. The lowest BCUT2D eigenvalue weighted by Gasteiger charge is -2.20. The second-order valence-corrected chi connectivity index (χ2v) is 16.3. The minimum atomic E-state index is -6.17. The van der Waals surface area contributed by atoms with E-state index in [1.165, 1.54) is 0 Å². The van der Waals surface area contributed by atoms with Crippen LogP contribution >= 0.6 is 42.1 Å². The van der Waals surface area contributed by atoms with E-state index in [-0.39, 0.29) is 70.1 Å². The van der Waals surface area contributed by atoms with Gasteiger partial charge in [-0.3, -0.25) is 4.57 Å². The number of hydrogen-bond donors (Lipinski definition) is 6. The minimum Gasteiger partial charge on any atom is -0.487 e. The van der Waals surface area contributed by atoms with Crippen molar-refractivity contribution in [2.45, 2.75) is 26.6 Å². The number of alkyl halides is 6. The molecule has 0 amide bonds. The van der Waals surface area contributed by atoms with Crippen molar-refractivity contribution < 1.29 is 81.3 Å². The van der Waals surface area contributed by atoms with Gasteiger partial charge in [0, 0.05) is 18.5 Å². The van der Waals surface area contributed by atoms with E-state index < -0.39 is 71.4 Å². The molecule has 3 aromatic rings. The van der Waals surface area contributed by atoms with Crippen molar-refractivity contribution in [3.8, 4) is 11.5 Å². The SMILES string of the molecule is NCCOc1c(OCCN)c(Cl)c2sc(S(=O)(=O)NC(c3ccc(S(=O)(=O)C(F)(F)F)c(F)c3)P(=O)(O)O)cc2c1Cl.O=C(O)C(F)(F)F. The van der Waals surface area contributed by atoms with Crippen LogP contribution in [0.15, 0.2) is 33.4 Å². The standard InChI is InChI=1S/C20H20Cl2F4N3O9PS3.C2HF3O2/c21-14-10-8-13(40-18(10)15(22)17(38-6-4-28)16(14)37-5-3-27)42(35,36)29-19(39(30,31)32)9-1-2-12(11(23)7-9)41(33,34)20(24,25)26;3-2(4,5)1(6)7/h1-2,7-8,19,29H,3-6,27-28H2,(H2,30,31,32);(H,6,7). The number of fused-ring (bicyclic) bond motifs is 1. The zero-order chi connectivity index (χ0) is 37.9. The highest BCUT2D eigenvalue weighted by Crippen LogP contribution is 2.53. The first-order valence-electron chi connectivity index (χ1n) is 12.3. The number of ether oxygens (including phenoxy) is 2. The van der Waals surface area contributed by atoms with Crippen molar-refractivity contribution in [2.24, 2.45) is 11.5 Å². The molecule has 1 heterocycles. The number of nitrogens with two attached hydrogens (primary N) is 2. The zero-order valence-electron chi connectivity index (χ0n) is 23.6. The Morgan fingerprint density at radius 1 is 0.959 bits per heavy atom. The minimum absolute atomic E-state index is 0.0274. The maximum atomic E-state index is 14.5. The van der Waals surface area contributed by atoms with Gasteiger partial charge < -0.3 is 35.8 Å². The molecule has 0 bridgehead atoms. The van der Waals surface area contributed by atoms with Crippen LogP contribution in [0.5, 0.6) is 11.5 Å². The Kier molecular flexibility index (Phi) is 13.8. The van der Waals surface area contributed by atoms with Crippen molar-refractivity contribution in [1.82, 2.24) is 4.72 Å². The van der Waals surface area contributed by atoms with E-state index in [4.69, 9.17) is 54.0 Å². The quantitative estimate of drug-likeness (QED) is 0.111. The van der Waals surface area contributed by atoms with Gasteiger partial charge in [0.15, 0.2) is 11.5 Å². The molecule has 49 heavy (non-hydrogen) atoms. The molecule has 0 saturated heterocycles. The van der Waals surface area contributed by atoms with E-state index in [1.807, 2.05) is 0 Å². The number of nitrogens with one attached hydrogen (secondary N) is 1. The third-order valence-electron chi connectivity index (χ3n) is 5.46. The van der Waals surface area contributed by atoms with Gasteiger partial charge in [-0.15, -0.1) is 11.3 Å². The summed E-state index contributed by atoms with van der Waals surface area (Å²) >= 11 is 13.4. The molecular weight excluding hydrogens is 813 g/mol. The first-order chi connectivity index (χ1) is 22.2. The van der Waals surface area contributed by atoms with Gasteiger partial charge >= 0.3 is 25.2 Å². The Labute approximate surface area is 284 Å². The van der Waals surface area contributed by atoms with E-state index in [0.29, 0.717) is 17.4 Å². The number of thiophene rings is 1. The Bertz CT molecular complexity index is 1920. The summed E-state index contributed by atoms with van der Waals surface area (Å²) in [7, 11) is -16.6. The molecule has 1 aromatic heterocycles. The summed E-state index contributed by atoms with van der Waals surface area (Å²) in [4.78, 5) is 26.7. The molecule has 14 nitrogen and oxygen atoms in total. The molecule has 2 aromatic carbocycles. The molecule has 0 radical (unpaired) electrons. The van der Waals surface area contributed by atoms with Gasteiger partial charge in [0.1, 0.15) is 38.9 Å². The van der Waals surface area contributed by atoms with Gasteiger partial charge in [-0.2, -0.15) is 31.1 Å². The number of hydrogen-bond acceptors (Lipinski definition) is 11. The lowest BCUT2D eigenvalue weighted by molar-refractivity contribution is -0.192. The number of sulfone groups is 1. The van der Waals surface area contributed by atoms with Crippen molar-refractivity contribution in [1.29, 1.82) is 0 Å². The fourth-order valence-electron chi connectivity index (χ4n) is 3.40. The van der Waals surface area contributed by atoms with Crippen LogP contribution < -0.4 is 25.7 Å². The Morgan fingerprint density at radius 3 is 1.86 bits per heavy atom. The van der Waals surface area contributed by atoms with Crippen LogP contribution in [0, 0.1) is 5.82 Å². The van der Waals surface area contributed by atoms with Gasteiger partial charge in [0.05, 0.1) is 9.72 Å². The van der Waals surface area contributed by atoms with Gasteiger partial charge in [0.2, 0.25) is 0 Å². The molecule has 0 aliphatic heterocycles. The Balaban J connectivity index is 0.00000107. The van der Waals surface area contributed by atoms with Crippen molar-refractivity contribution >= 4 is 78.1 Å². The van der Waals surface area contributed by atoms with E-state index in [0.717, 1.165) is 6.07 Å². The van der Waals surface area contributed by atoms with Gasteiger partial charge in [-0.05, 0) is 23.8 Å². The third-order valence-corrected chi connectivity index (χ3v) is 12.1. The summed E-state index contributed by atoms with van der Waals surface area (Å²) in [5, 5.41) is 6.86. The molecule has 27 heteroatoms. The largest absolute Gasteiger partial charge is 0.502 e. The fraction of sp³-hybridized carbons (Fsp3) is 0.318. The topological polar surface area (TPSA) is 246 Å². The summed E-state index contributed by atoms with van der Waals surface area (Å²) in [5.41, 5.74) is 4.16. The Morgan fingerprint density at radius 2 is 1.45 bits per heavy atom. The second kappa shape index (κ2) is 15.8. The lowest BCUT2D eigenvalue weighted by atomic mass is 10.2. The third kappa shape index (κ3) is 10.1. The molecule has 0 saturated carbocycles. The van der Waals surface area contributed by atoms with Crippen LogP contribution in [-0.4, -0.2) is 75.7 Å². The molecule has 276 valence electrons. The van der Waals surface area contributed by atoms with Crippen LogP contribution in [0.4, 0.5) is 30.7 Å². The predicted molar refractivity (Wildman–Crippen MR) is 159 cm³/mol. The highest BCUT2D eigenvalue weighted by atomic mass is 35.5. The number of rotatable bonds is 12. The number of carboxylic acids is 1. The highest BCUT2D eigenvalue weighted by Gasteiger charge is 2.48. The number of halogens is 9. The van der Waals surface area contributed by atoms with Crippen molar-refractivity contribution in [3.05, 3.63) is 45.7 Å². The van der Waals surface area contributed by atoms with Gasteiger partial charge in [0.25, 0.3) is 19.9 Å². The maximum Gasteiger partial charge on any atom is 0.502 e. The number of carbonyl (C=O) groups is 1. The monoisotopic (exact) mass is 833 g/mol. The van der Waals surface area contributed by atoms with Crippen LogP contribution in [0.3, 0.4) is 0 Å². The van der Waals surface area contributed by atoms with Gasteiger partial charge in [-0.25, -0.2) is 26.0 Å². The molecular formula is C22H21Cl2F7N3O11PS3. The van der Waals surface area contributed by atoms with Crippen LogP contribution in [0.1, 0.15) is 11.3 Å². The lowest BCUT2D eigenvalue weighted by Crippen LogP contribution is -2.29. The normalized spacial score (nSPS) is 13.5. The average molecular weight is 834 g/mol. The molecule has 0 spiro atoms. The first kappa shape index (κ1) is 42.7. The van der Waals surface area contributed by atoms with E-state index >= 15 is 0 Å². The summed E-state index contributed by atoms with van der Waals surface area (Å²) in [6.07, 6.45) is -5.08. The number of carboxylic acid groups (broad SMARTS) is 1. The fourth-order valence-corrected chi connectivity index (χ4v) is 8.91. The maximum absolute atomic E-state index is 14.5. The number of benzene rings is 2. The number of aliphatic carboxylic acids is 1. The van der Waals surface area contributed by atoms with E-state index in [2.05, 4.69) is 0 Å². The average Bonchev–Trinajstić information content (AvgIpc) is 3.42. The zero-order valence-corrected chi connectivity index (χ0v) is 28.4. The predicted octanol–water partition coefficient (Wildman–Crippen LogP) is 4.10.